The molecule has 0 saturated carbocycles. The number of amides is 2. The number of sulfone groups is 1. The zero-order valence-corrected chi connectivity index (χ0v) is 24.0. The first-order chi connectivity index (χ1) is 19.0. The Labute approximate surface area is 237 Å². The summed E-state index contributed by atoms with van der Waals surface area (Å²) >= 11 is 2.23. The number of ether oxygens (including phenoxy) is 1. The maximum absolute atomic E-state index is 12.7. The molecule has 4 rings (SSSR count). The van der Waals surface area contributed by atoms with Crippen molar-refractivity contribution in [3.63, 3.8) is 0 Å². The highest BCUT2D eigenvalue weighted by atomic mass is 32.2. The van der Waals surface area contributed by atoms with E-state index in [0.717, 1.165) is 41.0 Å². The Balaban J connectivity index is 1.52. The van der Waals surface area contributed by atoms with Crippen LogP contribution in [-0.2, 0) is 43.5 Å². The molecule has 0 bridgehead atoms. The number of anilines is 1. The van der Waals surface area contributed by atoms with Crippen molar-refractivity contribution < 1.29 is 32.5 Å². The smallest absolute Gasteiger partial charge is 0.341 e. The molecule has 1 aliphatic rings. The van der Waals surface area contributed by atoms with Crippen molar-refractivity contribution in [2.45, 2.75) is 39.2 Å². The van der Waals surface area contributed by atoms with E-state index in [2.05, 4.69) is 16.9 Å². The number of nitro benzene ring substituents is 1. The van der Waals surface area contributed by atoms with Crippen molar-refractivity contribution in [3.05, 3.63) is 61.8 Å². The van der Waals surface area contributed by atoms with Crippen molar-refractivity contribution in [1.29, 1.82) is 0 Å². The summed E-state index contributed by atoms with van der Waals surface area (Å²) in [5, 5.41) is 13.9. The molecule has 15 heteroatoms. The van der Waals surface area contributed by atoms with E-state index in [4.69, 9.17) is 4.74 Å². The molecule has 1 aliphatic carbocycles. The van der Waals surface area contributed by atoms with Gasteiger partial charge in [-0.2, -0.15) is 4.99 Å². The number of thiazole rings is 1. The molecule has 1 N–H and O–H groups in total. The van der Waals surface area contributed by atoms with Crippen LogP contribution in [0.1, 0.15) is 40.6 Å². The number of fused-ring (bicyclic) bond motifs is 2. The molecule has 3 aromatic rings. The van der Waals surface area contributed by atoms with Crippen LogP contribution in [0.15, 0.2) is 35.8 Å². The van der Waals surface area contributed by atoms with Gasteiger partial charge in [0.2, 0.25) is 5.91 Å². The minimum Gasteiger partial charge on any atom is -0.462 e. The number of esters is 1. The maximum Gasteiger partial charge on any atom is 0.341 e. The highest BCUT2D eigenvalue weighted by Crippen LogP contribution is 2.38. The van der Waals surface area contributed by atoms with Crippen molar-refractivity contribution >= 4 is 71.2 Å². The number of nitrogens with one attached hydrogen (secondary N) is 1. The van der Waals surface area contributed by atoms with Gasteiger partial charge in [0.25, 0.3) is 11.6 Å². The Bertz CT molecular complexity index is 1700. The van der Waals surface area contributed by atoms with Gasteiger partial charge in [-0.05, 0) is 44.2 Å². The third kappa shape index (κ3) is 6.54. The predicted octanol–water partition coefficient (Wildman–Crippen LogP) is 3.39. The molecule has 0 aliphatic heterocycles. The first-order valence-corrected chi connectivity index (χ1v) is 15.8. The van der Waals surface area contributed by atoms with Gasteiger partial charge in [0, 0.05) is 23.6 Å². The Kier molecular flexibility index (Phi) is 8.95. The third-order valence-electron chi connectivity index (χ3n) is 6.01. The quantitative estimate of drug-likeness (QED) is 0.159. The summed E-state index contributed by atoms with van der Waals surface area (Å²) < 4.78 is 32.7. The summed E-state index contributed by atoms with van der Waals surface area (Å²) in [7, 11) is -4.22. The number of rotatable bonds is 10. The lowest BCUT2D eigenvalue weighted by atomic mass is 9.95. The first-order valence-electron chi connectivity index (χ1n) is 12.3. The average Bonchev–Trinajstić information content (AvgIpc) is 3.40. The van der Waals surface area contributed by atoms with Gasteiger partial charge in [0.05, 0.1) is 27.3 Å². The van der Waals surface area contributed by atoms with Gasteiger partial charge in [0.15, 0.2) is 14.6 Å². The normalized spacial score (nSPS) is 13.6. The molecule has 0 fully saturated rings. The zero-order valence-electron chi connectivity index (χ0n) is 21.5. The van der Waals surface area contributed by atoms with Crippen molar-refractivity contribution in [2.24, 2.45) is 4.99 Å². The third-order valence-corrected chi connectivity index (χ3v) is 9.64. The van der Waals surface area contributed by atoms with Gasteiger partial charge >= 0.3 is 5.97 Å². The van der Waals surface area contributed by atoms with Gasteiger partial charge in [0.1, 0.15) is 16.5 Å². The molecule has 40 heavy (non-hydrogen) atoms. The Morgan fingerprint density at radius 3 is 2.67 bits per heavy atom. The highest BCUT2D eigenvalue weighted by molar-refractivity contribution is 7.92. The topological polar surface area (TPSA) is 167 Å². The van der Waals surface area contributed by atoms with E-state index < -0.39 is 44.0 Å². The molecular weight excluding hydrogens is 580 g/mol. The van der Waals surface area contributed by atoms with Crippen LogP contribution in [0.25, 0.3) is 10.2 Å². The van der Waals surface area contributed by atoms with E-state index >= 15 is 0 Å². The van der Waals surface area contributed by atoms with Crippen molar-refractivity contribution in [3.8, 4) is 0 Å². The number of nitrogens with zero attached hydrogens (tertiary/aromatic N) is 3. The molecule has 2 amide bonds. The second-order valence-electron chi connectivity index (χ2n) is 8.91. The fourth-order valence-electron chi connectivity index (χ4n) is 4.38. The standard InChI is InChI=1S/C25H26N4O8S3/c1-3-11-28-17-10-9-15(29(33)34)12-19(17)39-25(28)27-21(31)14-40(35,36)13-20(30)26-23-22(24(32)37-4-2)16-7-5-6-8-18(16)38-23/h3,9-10,12H,1,4-8,11,13-14H2,2H3,(H,26,30). The molecule has 12 nitrogen and oxygen atoms in total. The lowest BCUT2D eigenvalue weighted by molar-refractivity contribution is -0.384. The molecule has 212 valence electrons. The number of carbonyl (C=O) groups is 3. The number of non-ortho nitro benzene ring substituents is 1. The fraction of sp³-hybridized carbons (Fsp3) is 0.360. The number of carbonyl (C=O) groups excluding carboxylic acids is 3. The largest absolute Gasteiger partial charge is 0.462 e. The van der Waals surface area contributed by atoms with Crippen LogP contribution in [-0.4, -0.2) is 53.8 Å². The number of allylic oxidation sites excluding steroid dienone is 1. The summed E-state index contributed by atoms with van der Waals surface area (Å²) in [5.74, 6) is -4.45. The van der Waals surface area contributed by atoms with Crippen LogP contribution in [0.3, 0.4) is 0 Å². The van der Waals surface area contributed by atoms with E-state index in [0.29, 0.717) is 16.6 Å². The van der Waals surface area contributed by atoms with Crippen molar-refractivity contribution in [1.82, 2.24) is 4.57 Å². The monoisotopic (exact) mass is 606 g/mol. The summed E-state index contributed by atoms with van der Waals surface area (Å²) in [4.78, 5) is 53.6. The second-order valence-corrected chi connectivity index (χ2v) is 13.1. The summed E-state index contributed by atoms with van der Waals surface area (Å²) in [6.45, 7) is 5.72. The van der Waals surface area contributed by atoms with E-state index in [9.17, 15) is 32.9 Å². The first kappa shape index (κ1) is 29.3. The number of aromatic nitrogens is 1. The number of thiophene rings is 1. The number of benzene rings is 1. The number of hydrogen-bond donors (Lipinski definition) is 1. The minimum atomic E-state index is -4.22. The average molecular weight is 607 g/mol. The molecule has 0 unspecified atom stereocenters. The molecule has 0 atom stereocenters. The lowest BCUT2D eigenvalue weighted by Gasteiger charge is -2.12. The summed E-state index contributed by atoms with van der Waals surface area (Å²) in [6, 6.07) is 4.18. The summed E-state index contributed by atoms with van der Waals surface area (Å²) in [5.41, 5.74) is 1.52. The zero-order chi connectivity index (χ0) is 29.0. The van der Waals surface area contributed by atoms with Gasteiger partial charge in [-0.3, -0.25) is 19.7 Å². The molecule has 2 heterocycles. The van der Waals surface area contributed by atoms with Crippen LogP contribution in [0.4, 0.5) is 10.7 Å². The SMILES string of the molecule is C=CCn1c(=NC(=O)CS(=O)(=O)CC(=O)Nc2sc3c(c2C(=O)OCC)CCCC3)sc2cc([N+](=O)[O-])ccc21. The van der Waals surface area contributed by atoms with E-state index in [1.807, 2.05) is 0 Å². The van der Waals surface area contributed by atoms with Gasteiger partial charge < -0.3 is 14.6 Å². The molecule has 1 aromatic carbocycles. The van der Waals surface area contributed by atoms with Crippen LogP contribution >= 0.6 is 22.7 Å². The van der Waals surface area contributed by atoms with E-state index in [1.165, 1.54) is 29.5 Å². The van der Waals surface area contributed by atoms with Crippen LogP contribution in [0.5, 0.6) is 0 Å². The van der Waals surface area contributed by atoms with Crippen LogP contribution < -0.4 is 10.1 Å². The van der Waals surface area contributed by atoms with Gasteiger partial charge in [-0.15, -0.1) is 17.9 Å². The Hall–Kier alpha value is -3.69. The lowest BCUT2D eigenvalue weighted by Crippen LogP contribution is -2.28. The maximum atomic E-state index is 12.7. The molecule has 0 radical (unpaired) electrons. The molecule has 0 saturated heterocycles. The van der Waals surface area contributed by atoms with E-state index in [1.54, 1.807) is 17.6 Å². The highest BCUT2D eigenvalue weighted by Gasteiger charge is 2.29. The molecular formula is C25H26N4O8S3. The van der Waals surface area contributed by atoms with Crippen molar-refractivity contribution in [2.75, 3.05) is 23.4 Å². The number of aryl methyl sites for hydroxylation is 1. The van der Waals surface area contributed by atoms with Gasteiger partial charge in [-0.25, -0.2) is 13.2 Å². The predicted molar refractivity (Wildman–Crippen MR) is 151 cm³/mol. The number of nitro groups is 1. The van der Waals surface area contributed by atoms with Crippen LogP contribution in [0.2, 0.25) is 0 Å². The van der Waals surface area contributed by atoms with E-state index in [-0.39, 0.29) is 34.2 Å². The minimum absolute atomic E-state index is 0.135. The van der Waals surface area contributed by atoms with Gasteiger partial charge in [-0.1, -0.05) is 17.4 Å². The van der Waals surface area contributed by atoms with Crippen LogP contribution in [0, 0.1) is 10.1 Å². The molecule has 2 aromatic heterocycles. The fourth-order valence-corrected chi connectivity index (χ4v) is 7.78. The Morgan fingerprint density at radius 1 is 1.23 bits per heavy atom. The number of hydrogen-bond acceptors (Lipinski definition) is 10. The summed E-state index contributed by atoms with van der Waals surface area (Å²) in [6.07, 6.45) is 4.82. The molecule has 0 spiro atoms. The Morgan fingerprint density at radius 2 is 1.98 bits per heavy atom. The second kappa shape index (κ2) is 12.2.